The largest absolute Gasteiger partial charge is 0.462 e. The second-order valence-electron chi connectivity index (χ2n) is 9.34. The summed E-state index contributed by atoms with van der Waals surface area (Å²) in [5, 5.41) is 2.00. The first kappa shape index (κ1) is 21.8. The highest BCUT2D eigenvalue weighted by Crippen LogP contribution is 2.33. The molecule has 34 heavy (non-hydrogen) atoms. The van der Waals surface area contributed by atoms with E-state index in [4.69, 9.17) is 9.47 Å². The number of benzene rings is 3. The van der Waals surface area contributed by atoms with Crippen LogP contribution in [0.3, 0.4) is 0 Å². The molecule has 5 rings (SSSR count). The normalized spacial score (nSPS) is 19.8. The van der Waals surface area contributed by atoms with Gasteiger partial charge in [-0.05, 0) is 28.5 Å². The molecular formula is C27H23NO6. The SMILES string of the molecule is CC1(C)COC(=O)[C@@H]1OC(=O)[C@H](Cc1ccc2ccccc2c1)N1C(=O)c2ccccc2C1=O. The van der Waals surface area contributed by atoms with Gasteiger partial charge in [0.2, 0.25) is 6.10 Å². The number of rotatable bonds is 5. The zero-order valence-electron chi connectivity index (χ0n) is 18.8. The fourth-order valence-electron chi connectivity index (χ4n) is 4.49. The lowest BCUT2D eigenvalue weighted by Crippen LogP contribution is -2.49. The Labute approximate surface area is 196 Å². The number of imide groups is 1. The molecule has 0 aromatic heterocycles. The lowest BCUT2D eigenvalue weighted by molar-refractivity contribution is -0.166. The van der Waals surface area contributed by atoms with Gasteiger partial charge in [0.1, 0.15) is 12.6 Å². The van der Waals surface area contributed by atoms with Crippen LogP contribution in [-0.2, 0) is 25.5 Å². The van der Waals surface area contributed by atoms with Crippen molar-refractivity contribution in [3.05, 3.63) is 83.4 Å². The predicted molar refractivity (Wildman–Crippen MR) is 123 cm³/mol. The Balaban J connectivity index is 1.51. The van der Waals surface area contributed by atoms with Crippen molar-refractivity contribution >= 4 is 34.5 Å². The molecule has 0 saturated carbocycles. The van der Waals surface area contributed by atoms with Crippen LogP contribution in [-0.4, -0.2) is 47.4 Å². The van der Waals surface area contributed by atoms with Gasteiger partial charge in [0, 0.05) is 11.8 Å². The molecule has 7 heteroatoms. The number of carbonyl (C=O) groups is 4. The summed E-state index contributed by atoms with van der Waals surface area (Å²) in [5.41, 5.74) is 0.515. The summed E-state index contributed by atoms with van der Waals surface area (Å²) in [4.78, 5) is 53.0. The van der Waals surface area contributed by atoms with Gasteiger partial charge in [-0.2, -0.15) is 0 Å². The lowest BCUT2D eigenvalue weighted by Gasteiger charge is -2.28. The first-order valence-electron chi connectivity index (χ1n) is 11.1. The van der Waals surface area contributed by atoms with E-state index in [1.165, 1.54) is 0 Å². The van der Waals surface area contributed by atoms with Crippen LogP contribution in [0.2, 0.25) is 0 Å². The standard InChI is InChI=1S/C27H23NO6/c1-27(2)15-33-26(32)22(27)34-25(31)21(14-16-11-12-17-7-3-4-8-18(17)13-16)28-23(29)19-9-5-6-10-20(19)24(28)30/h3-13,21-22H,14-15H2,1-2H3/t21-,22-/m0/s1. The van der Waals surface area contributed by atoms with Crippen LogP contribution in [0.5, 0.6) is 0 Å². The molecule has 0 bridgehead atoms. The summed E-state index contributed by atoms with van der Waals surface area (Å²) >= 11 is 0. The van der Waals surface area contributed by atoms with Crippen molar-refractivity contribution in [2.45, 2.75) is 32.4 Å². The number of hydrogen-bond donors (Lipinski definition) is 0. The molecule has 2 heterocycles. The Morgan fingerprint density at radius 2 is 1.59 bits per heavy atom. The molecule has 2 aliphatic heterocycles. The van der Waals surface area contributed by atoms with Crippen LogP contribution in [0.4, 0.5) is 0 Å². The van der Waals surface area contributed by atoms with Crippen LogP contribution >= 0.6 is 0 Å². The van der Waals surface area contributed by atoms with Crippen molar-refractivity contribution in [1.29, 1.82) is 0 Å². The average molecular weight is 457 g/mol. The maximum absolute atomic E-state index is 13.5. The number of carbonyl (C=O) groups excluding carboxylic acids is 4. The molecule has 0 spiro atoms. The van der Waals surface area contributed by atoms with Gasteiger partial charge < -0.3 is 9.47 Å². The van der Waals surface area contributed by atoms with Crippen LogP contribution in [0.15, 0.2) is 66.7 Å². The van der Waals surface area contributed by atoms with E-state index in [0.717, 1.165) is 21.2 Å². The van der Waals surface area contributed by atoms with Gasteiger partial charge in [0.25, 0.3) is 11.8 Å². The third-order valence-corrected chi connectivity index (χ3v) is 6.40. The third-order valence-electron chi connectivity index (χ3n) is 6.40. The van der Waals surface area contributed by atoms with E-state index in [9.17, 15) is 19.2 Å². The highest BCUT2D eigenvalue weighted by atomic mass is 16.6. The minimum Gasteiger partial charge on any atom is -0.462 e. The fourth-order valence-corrected chi connectivity index (χ4v) is 4.49. The van der Waals surface area contributed by atoms with Gasteiger partial charge in [-0.3, -0.25) is 14.5 Å². The van der Waals surface area contributed by atoms with Crippen molar-refractivity contribution in [2.75, 3.05) is 6.61 Å². The molecule has 1 fully saturated rings. The Hall–Kier alpha value is -4.00. The number of cyclic esters (lactones) is 1. The van der Waals surface area contributed by atoms with Crippen LogP contribution in [0.25, 0.3) is 10.8 Å². The van der Waals surface area contributed by atoms with E-state index in [2.05, 4.69) is 0 Å². The molecular weight excluding hydrogens is 434 g/mol. The third kappa shape index (κ3) is 3.63. The fraction of sp³-hybridized carbons (Fsp3) is 0.259. The molecule has 2 amide bonds. The number of ether oxygens (including phenoxy) is 2. The molecule has 1 saturated heterocycles. The molecule has 3 aromatic carbocycles. The maximum atomic E-state index is 13.5. The van der Waals surface area contributed by atoms with Gasteiger partial charge in [-0.15, -0.1) is 0 Å². The molecule has 2 atom stereocenters. The minimum atomic E-state index is -1.24. The average Bonchev–Trinajstić information content (AvgIpc) is 3.24. The van der Waals surface area contributed by atoms with Crippen molar-refractivity contribution < 1.29 is 28.7 Å². The van der Waals surface area contributed by atoms with Crippen LogP contribution in [0, 0.1) is 5.41 Å². The summed E-state index contributed by atoms with van der Waals surface area (Å²) < 4.78 is 10.7. The Bertz CT molecular complexity index is 1310. The van der Waals surface area contributed by atoms with E-state index in [1.54, 1.807) is 38.1 Å². The summed E-state index contributed by atoms with van der Waals surface area (Å²) in [6.07, 6.45) is -1.06. The second-order valence-corrected chi connectivity index (χ2v) is 9.34. The van der Waals surface area contributed by atoms with Crippen molar-refractivity contribution in [3.8, 4) is 0 Å². The highest BCUT2D eigenvalue weighted by Gasteiger charge is 2.49. The van der Waals surface area contributed by atoms with Gasteiger partial charge >= 0.3 is 11.9 Å². The number of fused-ring (bicyclic) bond motifs is 2. The maximum Gasteiger partial charge on any atom is 0.348 e. The molecule has 2 aliphatic rings. The quantitative estimate of drug-likeness (QED) is 0.430. The zero-order valence-corrected chi connectivity index (χ0v) is 18.8. The summed E-state index contributed by atoms with van der Waals surface area (Å²) in [6.45, 7) is 3.64. The molecule has 0 aliphatic carbocycles. The summed E-state index contributed by atoms with van der Waals surface area (Å²) in [6, 6.07) is 18.7. The topological polar surface area (TPSA) is 90.0 Å². The van der Waals surface area contributed by atoms with E-state index in [-0.39, 0.29) is 24.2 Å². The zero-order chi connectivity index (χ0) is 24.0. The van der Waals surface area contributed by atoms with Gasteiger partial charge in [0.05, 0.1) is 11.1 Å². The molecule has 0 N–H and O–H groups in total. The van der Waals surface area contributed by atoms with E-state index in [1.807, 2.05) is 42.5 Å². The number of amides is 2. The smallest absolute Gasteiger partial charge is 0.348 e. The summed E-state index contributed by atoms with van der Waals surface area (Å²) in [5.74, 6) is -2.57. The summed E-state index contributed by atoms with van der Waals surface area (Å²) in [7, 11) is 0. The van der Waals surface area contributed by atoms with Gasteiger partial charge in [0.15, 0.2) is 0 Å². The first-order chi connectivity index (χ1) is 16.3. The van der Waals surface area contributed by atoms with E-state index < -0.39 is 41.3 Å². The van der Waals surface area contributed by atoms with Crippen molar-refractivity contribution in [3.63, 3.8) is 0 Å². The number of hydrogen-bond acceptors (Lipinski definition) is 6. The van der Waals surface area contributed by atoms with Crippen molar-refractivity contribution in [2.24, 2.45) is 5.41 Å². The molecule has 3 aromatic rings. The Kier molecular flexibility index (Phi) is 5.20. The number of nitrogens with zero attached hydrogens (tertiary/aromatic N) is 1. The van der Waals surface area contributed by atoms with Gasteiger partial charge in [-0.25, -0.2) is 9.59 Å². The van der Waals surface area contributed by atoms with Crippen molar-refractivity contribution in [1.82, 2.24) is 4.90 Å². The second kappa shape index (κ2) is 8.09. The minimum absolute atomic E-state index is 0.0529. The van der Waals surface area contributed by atoms with E-state index in [0.29, 0.717) is 0 Å². The molecule has 7 nitrogen and oxygen atoms in total. The van der Waals surface area contributed by atoms with Crippen LogP contribution in [0.1, 0.15) is 40.1 Å². The first-order valence-corrected chi connectivity index (χ1v) is 11.1. The van der Waals surface area contributed by atoms with E-state index >= 15 is 0 Å². The monoisotopic (exact) mass is 457 g/mol. The molecule has 0 radical (unpaired) electrons. The molecule has 172 valence electrons. The number of esters is 2. The Morgan fingerprint density at radius 3 is 2.21 bits per heavy atom. The lowest BCUT2D eigenvalue weighted by atomic mass is 9.89. The molecule has 0 unspecified atom stereocenters. The predicted octanol–water partition coefficient (Wildman–Crippen LogP) is 3.54. The van der Waals surface area contributed by atoms with Gasteiger partial charge in [-0.1, -0.05) is 68.4 Å². The Morgan fingerprint density at radius 1 is 0.971 bits per heavy atom. The highest BCUT2D eigenvalue weighted by molar-refractivity contribution is 6.22. The van der Waals surface area contributed by atoms with Crippen LogP contribution < -0.4 is 0 Å².